The molecule has 0 bridgehead atoms. The van der Waals surface area contributed by atoms with E-state index in [-0.39, 0.29) is 5.96 Å². The molecule has 1 saturated heterocycles. The van der Waals surface area contributed by atoms with E-state index in [1.165, 1.54) is 6.26 Å². The van der Waals surface area contributed by atoms with Gasteiger partial charge < -0.3 is 14.5 Å². The zero-order chi connectivity index (χ0) is 18.4. The minimum Gasteiger partial charge on any atom is -0.463 e. The minimum absolute atomic E-state index is 0.248. The Morgan fingerprint density at radius 3 is 2.77 bits per heavy atom. The summed E-state index contributed by atoms with van der Waals surface area (Å²) in [6.45, 7) is 1.59. The molecule has 0 radical (unpaired) electrons. The molecule has 0 spiro atoms. The van der Waals surface area contributed by atoms with Crippen LogP contribution in [0.5, 0.6) is 5.75 Å². The molecule has 9 heteroatoms. The first-order chi connectivity index (χ1) is 12.6. The van der Waals surface area contributed by atoms with Crippen molar-refractivity contribution in [2.75, 3.05) is 13.1 Å². The summed E-state index contributed by atoms with van der Waals surface area (Å²) in [6.07, 6.45) is 4.76. The van der Waals surface area contributed by atoms with E-state index < -0.39 is 5.03 Å². The van der Waals surface area contributed by atoms with Crippen LogP contribution in [0, 0.1) is 10.1 Å². The molecular weight excluding hydrogens is 358 g/mol. The molecular formula is C17H16ClN5O3. The summed E-state index contributed by atoms with van der Waals surface area (Å²) >= 11 is 5.79. The quantitative estimate of drug-likeness (QED) is 0.335. The van der Waals surface area contributed by atoms with Gasteiger partial charge in [0.1, 0.15) is 22.3 Å². The van der Waals surface area contributed by atoms with E-state index in [1.54, 1.807) is 28.3 Å². The Kier molecular flexibility index (Phi) is 5.65. The standard InChI is InChI=1S/C17H16ClN5O3/c18-16-7-6-14(12-19-16)13-22-9-8-21(17(22)20-23(24)25)10-11-26-15-4-2-1-3-5-15/h1-7,10-12H,8-9,13H2/b11-10+,20-17+. The van der Waals surface area contributed by atoms with Crippen LogP contribution in [-0.4, -0.2) is 38.9 Å². The van der Waals surface area contributed by atoms with Crippen LogP contribution >= 0.6 is 11.6 Å². The third-order valence-corrected chi connectivity index (χ3v) is 3.90. The van der Waals surface area contributed by atoms with Crippen LogP contribution in [0.15, 0.2) is 66.2 Å². The van der Waals surface area contributed by atoms with Crippen molar-refractivity contribution in [3.05, 3.63) is 82.0 Å². The fourth-order valence-electron chi connectivity index (χ4n) is 2.50. The topological polar surface area (TPSA) is 84.1 Å². The van der Waals surface area contributed by atoms with E-state index in [0.29, 0.717) is 30.5 Å². The number of guanidine groups is 1. The molecule has 2 heterocycles. The molecule has 0 amide bonds. The predicted octanol–water partition coefficient (Wildman–Crippen LogP) is 2.95. The van der Waals surface area contributed by atoms with Gasteiger partial charge in [-0.2, -0.15) is 0 Å². The van der Waals surface area contributed by atoms with Crippen LogP contribution in [0.1, 0.15) is 5.56 Å². The fourth-order valence-corrected chi connectivity index (χ4v) is 2.61. The summed E-state index contributed by atoms with van der Waals surface area (Å²) < 4.78 is 5.50. The van der Waals surface area contributed by atoms with Gasteiger partial charge >= 0.3 is 0 Å². The van der Waals surface area contributed by atoms with Crippen LogP contribution in [0.25, 0.3) is 0 Å². The second-order valence-electron chi connectivity index (χ2n) is 5.46. The molecule has 2 aromatic rings. The van der Waals surface area contributed by atoms with Gasteiger partial charge in [-0.3, -0.25) is 0 Å². The van der Waals surface area contributed by atoms with Gasteiger partial charge in [0.2, 0.25) is 0 Å². The van der Waals surface area contributed by atoms with Crippen LogP contribution in [0.2, 0.25) is 5.15 Å². The van der Waals surface area contributed by atoms with E-state index in [0.717, 1.165) is 5.56 Å². The number of benzene rings is 1. The zero-order valence-corrected chi connectivity index (χ0v) is 14.5. The molecule has 1 aliphatic heterocycles. The summed E-state index contributed by atoms with van der Waals surface area (Å²) in [5.41, 5.74) is 0.886. The molecule has 134 valence electrons. The minimum atomic E-state index is -0.702. The predicted molar refractivity (Wildman–Crippen MR) is 97.0 cm³/mol. The van der Waals surface area contributed by atoms with Crippen molar-refractivity contribution in [3.8, 4) is 5.75 Å². The van der Waals surface area contributed by atoms with Crippen LogP contribution < -0.4 is 4.74 Å². The first-order valence-corrected chi connectivity index (χ1v) is 8.23. The maximum Gasteiger partial charge on any atom is 0.278 e. The van der Waals surface area contributed by atoms with Gasteiger partial charge in [0.05, 0.1) is 0 Å². The summed E-state index contributed by atoms with van der Waals surface area (Å²) in [7, 11) is 0. The number of aromatic nitrogens is 1. The van der Waals surface area contributed by atoms with Gasteiger partial charge in [0.25, 0.3) is 5.96 Å². The smallest absolute Gasteiger partial charge is 0.278 e. The Balaban J connectivity index is 1.70. The first-order valence-electron chi connectivity index (χ1n) is 7.85. The number of nitro groups is 1. The summed E-state index contributed by atoms with van der Waals surface area (Å²) in [4.78, 5) is 18.4. The van der Waals surface area contributed by atoms with E-state index in [9.17, 15) is 10.1 Å². The molecule has 0 atom stereocenters. The number of pyridine rings is 1. The highest BCUT2D eigenvalue weighted by Gasteiger charge is 2.28. The average molecular weight is 374 g/mol. The molecule has 0 aliphatic carbocycles. The lowest BCUT2D eigenvalue weighted by Crippen LogP contribution is -2.31. The van der Waals surface area contributed by atoms with E-state index in [4.69, 9.17) is 16.3 Å². The van der Waals surface area contributed by atoms with Crippen LogP contribution in [0.3, 0.4) is 0 Å². The van der Waals surface area contributed by atoms with Crippen LogP contribution in [-0.2, 0) is 6.54 Å². The van der Waals surface area contributed by atoms with Gasteiger partial charge in [0, 0.05) is 32.0 Å². The summed E-state index contributed by atoms with van der Waals surface area (Å²) in [5, 5.41) is 14.1. The zero-order valence-electron chi connectivity index (χ0n) is 13.7. The van der Waals surface area contributed by atoms with Crippen molar-refractivity contribution < 1.29 is 9.77 Å². The number of hydrogen-bond acceptors (Lipinski definition) is 4. The van der Waals surface area contributed by atoms with Crippen molar-refractivity contribution in [2.45, 2.75) is 6.54 Å². The third-order valence-electron chi connectivity index (χ3n) is 3.67. The molecule has 1 aromatic carbocycles. The molecule has 1 aromatic heterocycles. The molecule has 0 N–H and O–H groups in total. The number of ether oxygens (including phenoxy) is 1. The average Bonchev–Trinajstić information content (AvgIpc) is 2.99. The summed E-state index contributed by atoms with van der Waals surface area (Å²) in [5.74, 6) is 0.928. The number of nitrogens with zero attached hydrogens (tertiary/aromatic N) is 5. The van der Waals surface area contributed by atoms with Crippen LogP contribution in [0.4, 0.5) is 0 Å². The van der Waals surface area contributed by atoms with Crippen molar-refractivity contribution in [1.82, 2.24) is 14.8 Å². The van der Waals surface area contributed by atoms with E-state index in [2.05, 4.69) is 10.1 Å². The Morgan fingerprint density at radius 2 is 2.08 bits per heavy atom. The normalized spacial score (nSPS) is 15.8. The van der Waals surface area contributed by atoms with Crippen molar-refractivity contribution in [2.24, 2.45) is 5.10 Å². The Morgan fingerprint density at radius 1 is 1.27 bits per heavy atom. The van der Waals surface area contributed by atoms with Gasteiger partial charge in [0.15, 0.2) is 5.03 Å². The molecule has 0 saturated carbocycles. The maximum absolute atomic E-state index is 10.9. The third kappa shape index (κ3) is 4.70. The highest BCUT2D eigenvalue weighted by molar-refractivity contribution is 6.29. The largest absolute Gasteiger partial charge is 0.463 e. The van der Waals surface area contributed by atoms with E-state index in [1.807, 2.05) is 36.4 Å². The Labute approximate surface area is 155 Å². The van der Waals surface area contributed by atoms with Crippen molar-refractivity contribution >= 4 is 17.6 Å². The fraction of sp³-hybridized carbons (Fsp3) is 0.176. The highest BCUT2D eigenvalue weighted by atomic mass is 35.5. The Bertz CT molecular complexity index is 811. The second-order valence-corrected chi connectivity index (χ2v) is 5.85. The first kappa shape index (κ1) is 17.7. The lowest BCUT2D eigenvalue weighted by Gasteiger charge is -2.18. The second kappa shape index (κ2) is 8.30. The lowest BCUT2D eigenvalue weighted by molar-refractivity contribution is -0.486. The van der Waals surface area contributed by atoms with Gasteiger partial charge in [-0.1, -0.05) is 35.9 Å². The lowest BCUT2D eigenvalue weighted by atomic mass is 10.3. The summed E-state index contributed by atoms with van der Waals surface area (Å²) in [6, 6.07) is 12.8. The molecule has 1 fully saturated rings. The van der Waals surface area contributed by atoms with Gasteiger partial charge in [-0.15, -0.1) is 0 Å². The van der Waals surface area contributed by atoms with Crippen molar-refractivity contribution in [1.29, 1.82) is 0 Å². The number of para-hydroxylation sites is 1. The molecule has 0 unspecified atom stereocenters. The Hall–Kier alpha value is -3.13. The van der Waals surface area contributed by atoms with Gasteiger partial charge in [-0.25, -0.2) is 15.1 Å². The SMILES string of the molecule is O=[N+]([O-])/N=C1\N(/C=C/Oc2ccccc2)CCN1Cc1ccc(Cl)nc1. The number of hydrogen-bond donors (Lipinski definition) is 0. The molecule has 1 aliphatic rings. The maximum atomic E-state index is 10.9. The monoisotopic (exact) mass is 373 g/mol. The number of rotatable bonds is 6. The van der Waals surface area contributed by atoms with Crippen molar-refractivity contribution in [3.63, 3.8) is 0 Å². The molecule has 26 heavy (non-hydrogen) atoms. The highest BCUT2D eigenvalue weighted by Crippen LogP contribution is 2.16. The number of hydrazone groups is 1. The van der Waals surface area contributed by atoms with Gasteiger partial charge in [-0.05, 0) is 23.8 Å². The number of halogens is 1. The molecule has 3 rings (SSSR count). The van der Waals surface area contributed by atoms with E-state index >= 15 is 0 Å². The molecule has 8 nitrogen and oxygen atoms in total.